The maximum atomic E-state index is 12.4. The molecule has 0 unspecified atom stereocenters. The van der Waals surface area contributed by atoms with E-state index in [1.54, 1.807) is 25.1 Å². The normalized spacial score (nSPS) is 11.0. The lowest BCUT2D eigenvalue weighted by atomic mass is 10.2. The summed E-state index contributed by atoms with van der Waals surface area (Å²) in [5, 5.41) is 13.4. The Balaban J connectivity index is 1.48. The number of hydrogen-bond donors (Lipinski definition) is 1. The molecule has 4 rings (SSSR count). The van der Waals surface area contributed by atoms with Gasteiger partial charge in [0.15, 0.2) is 11.0 Å². The van der Waals surface area contributed by atoms with Gasteiger partial charge in [0.1, 0.15) is 5.75 Å². The summed E-state index contributed by atoms with van der Waals surface area (Å²) in [6, 6.07) is 25.4. The van der Waals surface area contributed by atoms with Gasteiger partial charge in [-0.2, -0.15) is 5.10 Å². The quantitative estimate of drug-likeness (QED) is 0.204. The molecule has 4 aromatic rings. The van der Waals surface area contributed by atoms with Gasteiger partial charge in [-0.3, -0.25) is 9.36 Å². The fourth-order valence-corrected chi connectivity index (χ4v) is 4.29. The van der Waals surface area contributed by atoms with Gasteiger partial charge in [0.05, 0.1) is 19.1 Å². The predicted octanol–water partition coefficient (Wildman–Crippen LogP) is 4.91. The Hall–Kier alpha value is -3.56. The van der Waals surface area contributed by atoms with E-state index in [0.717, 1.165) is 22.6 Å². The van der Waals surface area contributed by atoms with Crippen molar-refractivity contribution in [3.05, 3.63) is 84.4 Å². The molecule has 0 atom stereocenters. The third-order valence-electron chi connectivity index (χ3n) is 4.85. The highest BCUT2D eigenvalue weighted by Gasteiger charge is 2.17. The van der Waals surface area contributed by atoms with Gasteiger partial charge in [-0.25, -0.2) is 5.43 Å². The van der Waals surface area contributed by atoms with Crippen LogP contribution in [-0.2, 0) is 4.79 Å². The van der Waals surface area contributed by atoms with Gasteiger partial charge in [0.25, 0.3) is 5.91 Å². The highest BCUT2D eigenvalue weighted by atomic mass is 32.2. The molecule has 0 saturated carbocycles. The molecule has 0 fully saturated rings. The largest absolute Gasteiger partial charge is 0.497 e. The molecule has 0 aliphatic carbocycles. The van der Waals surface area contributed by atoms with Crippen molar-refractivity contribution < 1.29 is 9.53 Å². The van der Waals surface area contributed by atoms with Crippen molar-refractivity contribution in [1.82, 2.24) is 20.2 Å². The van der Waals surface area contributed by atoms with Crippen LogP contribution in [0.2, 0.25) is 0 Å². The Morgan fingerprint density at radius 1 is 1.03 bits per heavy atom. The Kier molecular flexibility index (Phi) is 8.00. The molecule has 1 aromatic heterocycles. The molecule has 7 nitrogen and oxygen atoms in total. The van der Waals surface area contributed by atoms with Crippen LogP contribution in [0.1, 0.15) is 5.56 Å². The molecule has 0 aliphatic heterocycles. The van der Waals surface area contributed by atoms with Crippen molar-refractivity contribution in [3.8, 4) is 22.8 Å². The number of thioether (sulfide) groups is 2. The summed E-state index contributed by atoms with van der Waals surface area (Å²) in [6.07, 6.45) is 3.65. The maximum Gasteiger partial charge on any atom is 0.250 e. The number of amides is 1. The van der Waals surface area contributed by atoms with E-state index in [9.17, 15) is 4.79 Å². The molecular formula is C25H23N5O2S2. The molecule has 0 saturated heterocycles. The number of benzene rings is 3. The maximum absolute atomic E-state index is 12.4. The van der Waals surface area contributed by atoms with Crippen LogP contribution in [0.25, 0.3) is 17.1 Å². The van der Waals surface area contributed by atoms with Crippen LogP contribution >= 0.6 is 23.5 Å². The number of carbonyl (C=O) groups excluding carboxylic acids is 1. The first-order valence-electron chi connectivity index (χ1n) is 10.4. The first kappa shape index (κ1) is 23.6. The highest BCUT2D eigenvalue weighted by Crippen LogP contribution is 2.28. The number of carbonyl (C=O) groups is 1. The van der Waals surface area contributed by atoms with Crippen LogP contribution in [0.5, 0.6) is 5.75 Å². The number of ether oxygens (including phenoxy) is 1. The van der Waals surface area contributed by atoms with E-state index in [0.29, 0.717) is 11.0 Å². The van der Waals surface area contributed by atoms with Gasteiger partial charge in [-0.05, 0) is 48.2 Å². The molecule has 0 spiro atoms. The second kappa shape index (κ2) is 11.5. The molecule has 34 heavy (non-hydrogen) atoms. The molecule has 0 bridgehead atoms. The third kappa shape index (κ3) is 5.86. The van der Waals surface area contributed by atoms with Crippen LogP contribution in [0.4, 0.5) is 0 Å². The second-order valence-corrected chi connectivity index (χ2v) is 8.88. The molecule has 0 aliphatic rings. The second-order valence-electron chi connectivity index (χ2n) is 7.06. The van der Waals surface area contributed by atoms with Gasteiger partial charge < -0.3 is 4.74 Å². The summed E-state index contributed by atoms with van der Waals surface area (Å²) in [6.45, 7) is 0. The van der Waals surface area contributed by atoms with E-state index in [2.05, 4.69) is 20.7 Å². The number of rotatable bonds is 9. The Morgan fingerprint density at radius 2 is 1.76 bits per heavy atom. The zero-order valence-corrected chi connectivity index (χ0v) is 20.3. The molecule has 1 amide bonds. The number of methoxy groups -OCH3 is 1. The Morgan fingerprint density at radius 3 is 2.44 bits per heavy atom. The van der Waals surface area contributed by atoms with Crippen LogP contribution in [0.15, 0.2) is 94.0 Å². The summed E-state index contributed by atoms with van der Waals surface area (Å²) in [5.41, 5.74) is 5.29. The van der Waals surface area contributed by atoms with Gasteiger partial charge in [0, 0.05) is 16.1 Å². The van der Waals surface area contributed by atoms with Crippen molar-refractivity contribution in [2.75, 3.05) is 19.1 Å². The lowest BCUT2D eigenvalue weighted by Gasteiger charge is -2.11. The Labute approximate surface area is 206 Å². The zero-order chi connectivity index (χ0) is 23.8. The van der Waals surface area contributed by atoms with E-state index in [1.165, 1.54) is 16.7 Å². The number of hydrogen-bond acceptors (Lipinski definition) is 7. The van der Waals surface area contributed by atoms with Crippen LogP contribution < -0.4 is 10.2 Å². The number of nitrogens with zero attached hydrogens (tertiary/aromatic N) is 4. The Bertz CT molecular complexity index is 1260. The molecule has 1 N–H and O–H groups in total. The van der Waals surface area contributed by atoms with Crippen molar-refractivity contribution in [1.29, 1.82) is 0 Å². The SMILES string of the molecule is COc1ccc(-n2c(SCC(=O)N/N=C/c3ccc(SC)cc3)nnc2-c2ccccc2)cc1. The van der Waals surface area contributed by atoms with E-state index < -0.39 is 0 Å². The van der Waals surface area contributed by atoms with Crippen molar-refractivity contribution in [3.63, 3.8) is 0 Å². The van der Waals surface area contributed by atoms with Crippen LogP contribution in [0.3, 0.4) is 0 Å². The van der Waals surface area contributed by atoms with E-state index in [1.807, 2.05) is 89.7 Å². The monoisotopic (exact) mass is 489 g/mol. The number of nitrogens with one attached hydrogen (secondary N) is 1. The fraction of sp³-hybridized carbons (Fsp3) is 0.120. The number of hydrazone groups is 1. The molecule has 172 valence electrons. The minimum atomic E-state index is -0.229. The topological polar surface area (TPSA) is 81.4 Å². The van der Waals surface area contributed by atoms with Gasteiger partial charge in [-0.15, -0.1) is 22.0 Å². The third-order valence-corrected chi connectivity index (χ3v) is 6.52. The fourth-order valence-electron chi connectivity index (χ4n) is 3.13. The van der Waals surface area contributed by atoms with E-state index in [4.69, 9.17) is 4.74 Å². The molecule has 9 heteroatoms. The van der Waals surface area contributed by atoms with Crippen molar-refractivity contribution >= 4 is 35.6 Å². The standard InChI is InChI=1S/C25H23N5O2S2/c1-32-21-12-10-20(11-13-21)30-24(19-6-4-3-5-7-19)28-29-25(30)34-17-23(31)27-26-16-18-8-14-22(33-2)15-9-18/h3-16H,17H2,1-2H3,(H,27,31)/b26-16+. The zero-order valence-electron chi connectivity index (χ0n) is 18.7. The number of aromatic nitrogens is 3. The minimum absolute atomic E-state index is 0.145. The van der Waals surface area contributed by atoms with Crippen molar-refractivity contribution in [2.45, 2.75) is 10.1 Å². The first-order valence-corrected chi connectivity index (χ1v) is 12.6. The minimum Gasteiger partial charge on any atom is -0.497 e. The first-order chi connectivity index (χ1) is 16.7. The average Bonchev–Trinajstić information content (AvgIpc) is 3.32. The highest BCUT2D eigenvalue weighted by molar-refractivity contribution is 7.99. The smallest absolute Gasteiger partial charge is 0.250 e. The lowest BCUT2D eigenvalue weighted by Crippen LogP contribution is -2.20. The predicted molar refractivity (Wildman–Crippen MR) is 138 cm³/mol. The van der Waals surface area contributed by atoms with E-state index >= 15 is 0 Å². The summed E-state index contributed by atoms with van der Waals surface area (Å²) in [5.74, 6) is 1.37. The van der Waals surface area contributed by atoms with Crippen LogP contribution in [-0.4, -0.2) is 46.0 Å². The molecule has 1 heterocycles. The van der Waals surface area contributed by atoms with Gasteiger partial charge in [0.2, 0.25) is 0 Å². The van der Waals surface area contributed by atoms with Gasteiger partial charge >= 0.3 is 0 Å². The molecule has 3 aromatic carbocycles. The van der Waals surface area contributed by atoms with Gasteiger partial charge in [-0.1, -0.05) is 54.2 Å². The summed E-state index contributed by atoms with van der Waals surface area (Å²) in [7, 11) is 1.63. The molecule has 0 radical (unpaired) electrons. The van der Waals surface area contributed by atoms with Crippen LogP contribution in [0, 0.1) is 0 Å². The molecular weight excluding hydrogens is 466 g/mol. The summed E-state index contributed by atoms with van der Waals surface area (Å²) < 4.78 is 7.21. The van der Waals surface area contributed by atoms with E-state index in [-0.39, 0.29) is 11.7 Å². The summed E-state index contributed by atoms with van der Waals surface area (Å²) in [4.78, 5) is 13.6. The lowest BCUT2D eigenvalue weighted by molar-refractivity contribution is -0.118. The summed E-state index contributed by atoms with van der Waals surface area (Å²) >= 11 is 2.97. The average molecular weight is 490 g/mol. The van der Waals surface area contributed by atoms with Crippen molar-refractivity contribution in [2.24, 2.45) is 5.10 Å².